The summed E-state index contributed by atoms with van der Waals surface area (Å²) < 4.78 is 41.0. The number of fused-ring (bicyclic) bond motifs is 1. The normalized spacial score (nSPS) is 20.2. The molecule has 25 heavy (non-hydrogen) atoms. The quantitative estimate of drug-likeness (QED) is 0.827. The second kappa shape index (κ2) is 6.59. The average Bonchev–Trinajstić information content (AvgIpc) is 2.61. The number of benzene rings is 1. The van der Waals surface area contributed by atoms with Gasteiger partial charge in [0.1, 0.15) is 11.6 Å². The maximum atomic E-state index is 13.9. The van der Waals surface area contributed by atoms with Gasteiger partial charge in [-0.15, -0.1) is 0 Å². The molecule has 2 aromatic rings. The smallest absolute Gasteiger partial charge is 0.306 e. The van der Waals surface area contributed by atoms with Crippen molar-refractivity contribution in [3.8, 4) is 6.07 Å². The van der Waals surface area contributed by atoms with Crippen molar-refractivity contribution < 1.29 is 23.1 Å². The number of hydrogen-bond donors (Lipinski definition) is 2. The van der Waals surface area contributed by atoms with Crippen molar-refractivity contribution in [1.82, 2.24) is 4.98 Å². The fourth-order valence-corrected chi connectivity index (χ4v) is 3.17. The molecule has 0 bridgehead atoms. The predicted octanol–water partition coefficient (Wildman–Crippen LogP) is 3.58. The number of halogens is 3. The monoisotopic (exact) mass is 349 g/mol. The van der Waals surface area contributed by atoms with Gasteiger partial charge in [-0.3, -0.25) is 9.78 Å². The molecule has 0 amide bonds. The lowest BCUT2D eigenvalue weighted by atomic mass is 9.86. The van der Waals surface area contributed by atoms with Crippen LogP contribution >= 0.6 is 0 Å². The van der Waals surface area contributed by atoms with Gasteiger partial charge in [-0.05, 0) is 31.7 Å². The Kier molecular flexibility index (Phi) is 4.49. The van der Waals surface area contributed by atoms with Crippen LogP contribution in [0.15, 0.2) is 12.3 Å². The van der Waals surface area contributed by atoms with Crippen LogP contribution in [0, 0.1) is 34.7 Å². The van der Waals surface area contributed by atoms with Gasteiger partial charge in [0.25, 0.3) is 0 Å². The molecule has 1 aliphatic carbocycles. The molecule has 0 radical (unpaired) electrons. The molecule has 0 unspecified atom stereocenters. The van der Waals surface area contributed by atoms with Crippen LogP contribution in [-0.4, -0.2) is 22.1 Å². The Balaban J connectivity index is 1.98. The summed E-state index contributed by atoms with van der Waals surface area (Å²) in [5, 5.41) is 21.3. The highest BCUT2D eigenvalue weighted by Gasteiger charge is 2.27. The van der Waals surface area contributed by atoms with Crippen molar-refractivity contribution >= 4 is 22.6 Å². The minimum Gasteiger partial charge on any atom is -0.481 e. The highest BCUT2D eigenvalue weighted by Crippen LogP contribution is 2.33. The standard InChI is InChI=1S/C17H14F3N3O2/c18-12-5-11-15(23-10-3-1-8(2-4-10)17(24)25)9(6-21)7-22-16(11)14(20)13(12)19/h5,7-8,10H,1-4H2,(H,22,23)(H,24,25). The molecule has 1 aliphatic rings. The molecular weight excluding hydrogens is 335 g/mol. The van der Waals surface area contributed by atoms with Crippen LogP contribution < -0.4 is 5.32 Å². The van der Waals surface area contributed by atoms with E-state index in [-0.39, 0.29) is 28.2 Å². The lowest BCUT2D eigenvalue weighted by molar-refractivity contribution is -0.142. The van der Waals surface area contributed by atoms with Gasteiger partial charge in [-0.2, -0.15) is 5.26 Å². The maximum absolute atomic E-state index is 13.9. The van der Waals surface area contributed by atoms with E-state index in [1.165, 1.54) is 0 Å². The maximum Gasteiger partial charge on any atom is 0.306 e. The number of rotatable bonds is 3. The fourth-order valence-electron chi connectivity index (χ4n) is 3.17. The number of carbonyl (C=O) groups is 1. The minimum atomic E-state index is -1.61. The summed E-state index contributed by atoms with van der Waals surface area (Å²) in [6, 6.07) is 2.56. The number of nitriles is 1. The molecule has 130 valence electrons. The number of anilines is 1. The molecule has 1 saturated carbocycles. The average molecular weight is 349 g/mol. The number of hydrogen-bond acceptors (Lipinski definition) is 4. The number of aromatic nitrogens is 1. The second-order valence-electron chi connectivity index (χ2n) is 6.07. The Labute approximate surface area is 141 Å². The topological polar surface area (TPSA) is 86.0 Å². The molecule has 8 heteroatoms. The zero-order chi connectivity index (χ0) is 18.1. The van der Waals surface area contributed by atoms with E-state index in [1.807, 2.05) is 6.07 Å². The van der Waals surface area contributed by atoms with Crippen molar-refractivity contribution in [2.24, 2.45) is 5.92 Å². The molecule has 1 aromatic heterocycles. The van der Waals surface area contributed by atoms with Gasteiger partial charge in [0.15, 0.2) is 17.5 Å². The van der Waals surface area contributed by atoms with E-state index in [0.29, 0.717) is 25.7 Å². The third kappa shape index (κ3) is 3.09. The number of nitrogens with zero attached hydrogens (tertiary/aromatic N) is 2. The van der Waals surface area contributed by atoms with Crippen molar-refractivity contribution in [1.29, 1.82) is 5.26 Å². The highest BCUT2D eigenvalue weighted by atomic mass is 19.2. The van der Waals surface area contributed by atoms with Crippen molar-refractivity contribution in [3.63, 3.8) is 0 Å². The van der Waals surface area contributed by atoms with Gasteiger partial charge in [-0.25, -0.2) is 13.2 Å². The molecule has 0 saturated heterocycles. The minimum absolute atomic E-state index is 0.0178. The van der Waals surface area contributed by atoms with Gasteiger partial charge in [0, 0.05) is 17.6 Å². The first-order chi connectivity index (χ1) is 11.9. The predicted molar refractivity (Wildman–Crippen MR) is 83.3 cm³/mol. The zero-order valence-corrected chi connectivity index (χ0v) is 13.0. The van der Waals surface area contributed by atoms with Gasteiger partial charge in [0.2, 0.25) is 0 Å². The van der Waals surface area contributed by atoms with Crippen LogP contribution in [0.2, 0.25) is 0 Å². The number of pyridine rings is 1. The Hall–Kier alpha value is -2.82. The molecule has 2 N–H and O–H groups in total. The van der Waals surface area contributed by atoms with Gasteiger partial charge < -0.3 is 10.4 Å². The van der Waals surface area contributed by atoms with E-state index in [1.54, 1.807) is 0 Å². The van der Waals surface area contributed by atoms with Crippen LogP contribution in [0.4, 0.5) is 18.9 Å². The first kappa shape index (κ1) is 17.0. The molecule has 5 nitrogen and oxygen atoms in total. The fraction of sp³-hybridized carbons (Fsp3) is 0.353. The Morgan fingerprint density at radius 3 is 2.52 bits per heavy atom. The number of aliphatic carboxylic acids is 1. The third-order valence-electron chi connectivity index (χ3n) is 4.54. The summed E-state index contributed by atoms with van der Waals surface area (Å²) >= 11 is 0. The summed E-state index contributed by atoms with van der Waals surface area (Å²) in [6.07, 6.45) is 3.12. The van der Waals surface area contributed by atoms with Crippen LogP contribution in [0.25, 0.3) is 10.9 Å². The van der Waals surface area contributed by atoms with Crippen LogP contribution in [0.1, 0.15) is 31.2 Å². The van der Waals surface area contributed by atoms with Gasteiger partial charge in [0.05, 0.1) is 17.2 Å². The van der Waals surface area contributed by atoms with E-state index in [0.717, 1.165) is 12.3 Å². The lowest BCUT2D eigenvalue weighted by Crippen LogP contribution is -2.29. The highest BCUT2D eigenvalue weighted by molar-refractivity contribution is 5.94. The largest absolute Gasteiger partial charge is 0.481 e. The van der Waals surface area contributed by atoms with Crippen molar-refractivity contribution in [2.45, 2.75) is 31.7 Å². The van der Waals surface area contributed by atoms with E-state index in [9.17, 15) is 23.2 Å². The lowest BCUT2D eigenvalue weighted by Gasteiger charge is -2.28. The molecule has 1 heterocycles. The molecule has 0 aliphatic heterocycles. The molecule has 1 aromatic carbocycles. The Morgan fingerprint density at radius 1 is 1.24 bits per heavy atom. The first-order valence-electron chi connectivity index (χ1n) is 7.78. The van der Waals surface area contributed by atoms with Crippen LogP contribution in [0.3, 0.4) is 0 Å². The summed E-state index contributed by atoms with van der Waals surface area (Å²) in [6.45, 7) is 0. The van der Waals surface area contributed by atoms with E-state index in [2.05, 4.69) is 10.3 Å². The van der Waals surface area contributed by atoms with E-state index in [4.69, 9.17) is 5.11 Å². The van der Waals surface area contributed by atoms with Crippen LogP contribution in [0.5, 0.6) is 0 Å². The Morgan fingerprint density at radius 2 is 1.92 bits per heavy atom. The summed E-state index contributed by atoms with van der Waals surface area (Å²) in [4.78, 5) is 14.7. The molecule has 0 spiro atoms. The summed E-state index contributed by atoms with van der Waals surface area (Å²) in [7, 11) is 0. The van der Waals surface area contributed by atoms with Gasteiger partial charge >= 0.3 is 5.97 Å². The van der Waals surface area contributed by atoms with Crippen molar-refractivity contribution in [2.75, 3.05) is 5.32 Å². The third-order valence-corrected chi connectivity index (χ3v) is 4.54. The van der Waals surface area contributed by atoms with Crippen molar-refractivity contribution in [3.05, 3.63) is 35.3 Å². The molecular formula is C17H14F3N3O2. The number of carboxylic acid groups (broad SMARTS) is 1. The second-order valence-corrected chi connectivity index (χ2v) is 6.07. The number of carboxylic acids is 1. The Bertz CT molecular complexity index is 887. The summed E-state index contributed by atoms with van der Waals surface area (Å²) in [5.41, 5.74) is -0.0954. The first-order valence-corrected chi connectivity index (χ1v) is 7.78. The van der Waals surface area contributed by atoms with E-state index < -0.39 is 29.3 Å². The van der Waals surface area contributed by atoms with Crippen LogP contribution in [-0.2, 0) is 4.79 Å². The summed E-state index contributed by atoms with van der Waals surface area (Å²) in [5.74, 6) is -5.63. The molecule has 1 fully saturated rings. The SMILES string of the molecule is N#Cc1cnc2c(F)c(F)c(F)cc2c1NC1CCC(C(=O)O)CC1. The van der Waals surface area contributed by atoms with Gasteiger partial charge in [-0.1, -0.05) is 0 Å². The molecule has 3 rings (SSSR count). The zero-order valence-electron chi connectivity index (χ0n) is 13.0. The number of nitrogens with one attached hydrogen (secondary N) is 1. The molecule has 0 atom stereocenters. The van der Waals surface area contributed by atoms with E-state index >= 15 is 0 Å².